The van der Waals surface area contributed by atoms with Gasteiger partial charge in [0.25, 0.3) is 0 Å². The largest absolute Gasteiger partial charge is 0.255 e. The maximum absolute atomic E-state index is 4.55. The first-order valence-corrected chi connectivity index (χ1v) is 4.84. The number of nitrogens with zero attached hydrogens (tertiary/aromatic N) is 2. The van der Waals surface area contributed by atoms with Gasteiger partial charge in [-0.25, -0.2) is 0 Å². The molecule has 1 aromatic carbocycles. The second-order valence-electron chi connectivity index (χ2n) is 3.86. The van der Waals surface area contributed by atoms with Crippen molar-refractivity contribution < 1.29 is 0 Å². The van der Waals surface area contributed by atoms with Crippen LogP contribution in [0.4, 0.5) is 11.4 Å². The SMILES string of the molecule is CC1=Nc2ccc(C)cc2N=C(C)C1.Cl. The van der Waals surface area contributed by atoms with E-state index in [0.29, 0.717) is 0 Å². The van der Waals surface area contributed by atoms with Crippen LogP contribution in [0.15, 0.2) is 28.2 Å². The molecule has 1 heterocycles. The summed E-state index contributed by atoms with van der Waals surface area (Å²) in [5, 5.41) is 0. The molecule has 0 saturated heterocycles. The molecular weight excluding hydrogens is 208 g/mol. The Morgan fingerprint density at radius 3 is 2.20 bits per heavy atom. The van der Waals surface area contributed by atoms with Crippen LogP contribution in [-0.2, 0) is 0 Å². The number of benzene rings is 1. The van der Waals surface area contributed by atoms with E-state index in [4.69, 9.17) is 0 Å². The van der Waals surface area contributed by atoms with E-state index >= 15 is 0 Å². The molecule has 80 valence electrons. The van der Waals surface area contributed by atoms with Gasteiger partial charge in [-0.1, -0.05) is 6.07 Å². The lowest BCUT2D eigenvalue weighted by Crippen LogP contribution is -1.97. The van der Waals surface area contributed by atoms with E-state index in [1.165, 1.54) is 5.56 Å². The highest BCUT2D eigenvalue weighted by molar-refractivity contribution is 6.06. The zero-order valence-electron chi connectivity index (χ0n) is 9.24. The molecule has 0 bridgehead atoms. The Kier molecular flexibility index (Phi) is 3.64. The van der Waals surface area contributed by atoms with Crippen LogP contribution in [0.3, 0.4) is 0 Å². The van der Waals surface area contributed by atoms with E-state index in [1.807, 2.05) is 13.0 Å². The summed E-state index contributed by atoms with van der Waals surface area (Å²) >= 11 is 0. The Morgan fingerprint density at radius 1 is 0.933 bits per heavy atom. The summed E-state index contributed by atoms with van der Waals surface area (Å²) in [5.74, 6) is 0. The van der Waals surface area contributed by atoms with Crippen LogP contribution in [0.25, 0.3) is 0 Å². The van der Waals surface area contributed by atoms with Gasteiger partial charge in [0.15, 0.2) is 0 Å². The van der Waals surface area contributed by atoms with Gasteiger partial charge in [-0.2, -0.15) is 0 Å². The van der Waals surface area contributed by atoms with Gasteiger partial charge in [0, 0.05) is 17.8 Å². The Labute approximate surface area is 96.6 Å². The summed E-state index contributed by atoms with van der Waals surface area (Å²) in [4.78, 5) is 9.09. The van der Waals surface area contributed by atoms with Crippen LogP contribution in [0.1, 0.15) is 25.8 Å². The van der Waals surface area contributed by atoms with Crippen LogP contribution in [0, 0.1) is 6.92 Å². The van der Waals surface area contributed by atoms with Crippen molar-refractivity contribution in [3.8, 4) is 0 Å². The molecule has 0 amide bonds. The van der Waals surface area contributed by atoms with E-state index in [9.17, 15) is 0 Å². The molecule has 3 heteroatoms. The lowest BCUT2D eigenvalue weighted by Gasteiger charge is -2.00. The second-order valence-corrected chi connectivity index (χ2v) is 3.86. The van der Waals surface area contributed by atoms with Gasteiger partial charge in [-0.05, 0) is 38.5 Å². The normalized spacial score (nSPS) is 14.3. The molecule has 1 aliphatic heterocycles. The standard InChI is InChI=1S/C12H14N2.ClH/c1-8-4-5-11-12(6-8)14-10(3)7-9(2)13-11;/h4-6H,7H2,1-3H3;1H. The maximum Gasteiger partial charge on any atom is 0.0888 e. The number of aliphatic imine (C=N–C) groups is 2. The first kappa shape index (κ1) is 11.9. The van der Waals surface area contributed by atoms with Crippen molar-refractivity contribution >= 4 is 35.2 Å². The Balaban J connectivity index is 0.00000112. The van der Waals surface area contributed by atoms with Crippen LogP contribution in [0.2, 0.25) is 0 Å². The van der Waals surface area contributed by atoms with Gasteiger partial charge in [-0.15, -0.1) is 12.4 Å². The third-order valence-electron chi connectivity index (χ3n) is 2.27. The molecule has 1 aromatic rings. The number of rotatable bonds is 0. The van der Waals surface area contributed by atoms with E-state index in [0.717, 1.165) is 29.2 Å². The third kappa shape index (κ3) is 2.66. The molecule has 0 radical (unpaired) electrons. The molecule has 0 fully saturated rings. The Bertz CT molecular complexity index is 433. The van der Waals surface area contributed by atoms with Gasteiger partial charge >= 0.3 is 0 Å². The van der Waals surface area contributed by atoms with Crippen molar-refractivity contribution in [3.05, 3.63) is 23.8 Å². The molecule has 0 saturated carbocycles. The fourth-order valence-corrected chi connectivity index (χ4v) is 1.68. The summed E-state index contributed by atoms with van der Waals surface area (Å²) in [7, 11) is 0. The lowest BCUT2D eigenvalue weighted by molar-refractivity contribution is 1.39. The number of fused-ring (bicyclic) bond motifs is 1. The van der Waals surface area contributed by atoms with Crippen molar-refractivity contribution in [2.24, 2.45) is 9.98 Å². The molecule has 0 N–H and O–H groups in total. The van der Waals surface area contributed by atoms with Gasteiger partial charge < -0.3 is 0 Å². The number of hydrogen-bond acceptors (Lipinski definition) is 2. The van der Waals surface area contributed by atoms with Crippen molar-refractivity contribution in [2.75, 3.05) is 0 Å². The molecule has 2 nitrogen and oxygen atoms in total. The molecule has 0 aliphatic carbocycles. The number of halogens is 1. The van der Waals surface area contributed by atoms with Gasteiger partial charge in [0.05, 0.1) is 11.4 Å². The lowest BCUT2D eigenvalue weighted by atomic mass is 10.2. The highest BCUT2D eigenvalue weighted by Gasteiger charge is 2.07. The van der Waals surface area contributed by atoms with Crippen molar-refractivity contribution in [2.45, 2.75) is 27.2 Å². The molecule has 1 aliphatic rings. The molecule has 0 atom stereocenters. The maximum atomic E-state index is 4.55. The minimum absolute atomic E-state index is 0. The summed E-state index contributed by atoms with van der Waals surface area (Å²) in [6.07, 6.45) is 0.883. The van der Waals surface area contributed by atoms with E-state index < -0.39 is 0 Å². The molecule has 15 heavy (non-hydrogen) atoms. The predicted molar refractivity (Wildman–Crippen MR) is 68.6 cm³/mol. The number of aryl methyl sites for hydroxylation is 1. The Morgan fingerprint density at radius 2 is 1.53 bits per heavy atom. The molecular formula is C12H15ClN2. The zero-order chi connectivity index (χ0) is 10.1. The summed E-state index contributed by atoms with van der Waals surface area (Å²) in [5.41, 5.74) is 5.49. The molecule has 0 spiro atoms. The van der Waals surface area contributed by atoms with Crippen molar-refractivity contribution in [1.29, 1.82) is 0 Å². The highest BCUT2D eigenvalue weighted by Crippen LogP contribution is 2.31. The summed E-state index contributed by atoms with van der Waals surface area (Å²) in [6, 6.07) is 6.20. The smallest absolute Gasteiger partial charge is 0.0888 e. The third-order valence-corrected chi connectivity index (χ3v) is 2.27. The topological polar surface area (TPSA) is 24.7 Å². The second kappa shape index (κ2) is 4.58. The fraction of sp³-hybridized carbons (Fsp3) is 0.333. The molecule has 0 aromatic heterocycles. The highest BCUT2D eigenvalue weighted by atomic mass is 35.5. The van der Waals surface area contributed by atoms with Crippen LogP contribution in [0.5, 0.6) is 0 Å². The Hall–Kier alpha value is -1.15. The monoisotopic (exact) mass is 222 g/mol. The van der Waals surface area contributed by atoms with Crippen LogP contribution in [-0.4, -0.2) is 11.4 Å². The van der Waals surface area contributed by atoms with Crippen LogP contribution >= 0.6 is 12.4 Å². The molecule has 2 rings (SSSR count). The number of hydrogen-bond donors (Lipinski definition) is 0. The van der Waals surface area contributed by atoms with E-state index in [-0.39, 0.29) is 12.4 Å². The zero-order valence-corrected chi connectivity index (χ0v) is 10.1. The first-order valence-electron chi connectivity index (χ1n) is 4.84. The van der Waals surface area contributed by atoms with Gasteiger partial charge in [-0.3, -0.25) is 9.98 Å². The summed E-state index contributed by atoms with van der Waals surface area (Å²) < 4.78 is 0. The van der Waals surface area contributed by atoms with Crippen molar-refractivity contribution in [3.63, 3.8) is 0 Å². The summed E-state index contributed by atoms with van der Waals surface area (Å²) in [6.45, 7) is 6.18. The minimum Gasteiger partial charge on any atom is -0.255 e. The van der Waals surface area contributed by atoms with Gasteiger partial charge in [0.2, 0.25) is 0 Å². The minimum atomic E-state index is 0. The fourth-order valence-electron chi connectivity index (χ4n) is 1.68. The van der Waals surface area contributed by atoms with E-state index in [1.54, 1.807) is 0 Å². The van der Waals surface area contributed by atoms with Gasteiger partial charge in [0.1, 0.15) is 0 Å². The van der Waals surface area contributed by atoms with Crippen molar-refractivity contribution in [1.82, 2.24) is 0 Å². The molecule has 0 unspecified atom stereocenters. The quantitative estimate of drug-likeness (QED) is 0.634. The van der Waals surface area contributed by atoms with Crippen LogP contribution < -0.4 is 0 Å². The predicted octanol–water partition coefficient (Wildman–Crippen LogP) is 4.01. The van der Waals surface area contributed by atoms with E-state index in [2.05, 4.69) is 36.0 Å². The average molecular weight is 223 g/mol. The first-order chi connectivity index (χ1) is 6.65. The average Bonchev–Trinajstić information content (AvgIpc) is 2.21.